The molecule has 1 atom stereocenters. The first-order valence-corrected chi connectivity index (χ1v) is 5.04. The lowest BCUT2D eigenvalue weighted by atomic mass is 10.1. The van der Waals surface area contributed by atoms with Gasteiger partial charge in [0.05, 0.1) is 5.69 Å². The molecule has 0 aliphatic carbocycles. The van der Waals surface area contributed by atoms with Gasteiger partial charge < -0.3 is 0 Å². The van der Waals surface area contributed by atoms with Gasteiger partial charge in [0.1, 0.15) is 6.04 Å². The highest BCUT2D eigenvalue weighted by atomic mass is 16.1. The highest BCUT2D eigenvalue weighted by Crippen LogP contribution is 2.18. The van der Waals surface area contributed by atoms with E-state index in [0.717, 1.165) is 17.8 Å². The molecule has 3 heteroatoms. The third kappa shape index (κ3) is 1.72. The van der Waals surface area contributed by atoms with Crippen molar-refractivity contribution in [3.05, 3.63) is 17.0 Å². The lowest BCUT2D eigenvalue weighted by molar-refractivity contribution is -0.119. The van der Waals surface area contributed by atoms with Crippen LogP contribution in [0.2, 0.25) is 0 Å². The first-order valence-electron chi connectivity index (χ1n) is 5.04. The molecule has 0 N–H and O–H groups in total. The number of aromatic nitrogens is 2. The molecule has 1 heterocycles. The zero-order chi connectivity index (χ0) is 10.9. The van der Waals surface area contributed by atoms with Crippen molar-refractivity contribution in [2.75, 3.05) is 0 Å². The van der Waals surface area contributed by atoms with Crippen molar-refractivity contribution in [3.8, 4) is 0 Å². The van der Waals surface area contributed by atoms with Gasteiger partial charge >= 0.3 is 0 Å². The summed E-state index contributed by atoms with van der Waals surface area (Å²) in [5.41, 5.74) is 3.42. The molecule has 0 aliphatic rings. The second-order valence-electron chi connectivity index (χ2n) is 3.73. The van der Waals surface area contributed by atoms with E-state index in [0.29, 0.717) is 0 Å². The Morgan fingerprint density at radius 1 is 1.50 bits per heavy atom. The molecule has 0 aliphatic heterocycles. The number of carbonyl (C=O) groups is 1. The van der Waals surface area contributed by atoms with Gasteiger partial charge in [0, 0.05) is 5.69 Å². The summed E-state index contributed by atoms with van der Waals surface area (Å²) >= 11 is 0. The van der Waals surface area contributed by atoms with E-state index in [2.05, 4.69) is 12.0 Å². The number of carbonyl (C=O) groups excluding carboxylic acids is 1. The molecule has 1 unspecified atom stereocenters. The van der Waals surface area contributed by atoms with Crippen LogP contribution in [-0.2, 0) is 11.2 Å². The molecule has 78 valence electrons. The van der Waals surface area contributed by atoms with Crippen LogP contribution in [0.25, 0.3) is 0 Å². The highest BCUT2D eigenvalue weighted by molar-refractivity contribution is 5.79. The molecule has 0 fully saturated rings. The average Bonchev–Trinajstić information content (AvgIpc) is 2.40. The van der Waals surface area contributed by atoms with Gasteiger partial charge in [-0.15, -0.1) is 0 Å². The largest absolute Gasteiger partial charge is 0.298 e. The molecule has 1 aromatic heterocycles. The molecule has 0 saturated heterocycles. The molecule has 0 radical (unpaired) electrons. The van der Waals surface area contributed by atoms with E-state index in [9.17, 15) is 4.79 Å². The Hall–Kier alpha value is -1.12. The fourth-order valence-electron chi connectivity index (χ4n) is 1.76. The predicted octanol–water partition coefficient (Wildman–Crippen LogP) is 2.21. The van der Waals surface area contributed by atoms with E-state index in [1.54, 1.807) is 6.92 Å². The lowest BCUT2D eigenvalue weighted by Gasteiger charge is -2.10. The van der Waals surface area contributed by atoms with E-state index in [1.807, 2.05) is 25.5 Å². The van der Waals surface area contributed by atoms with Gasteiger partial charge in [-0.1, -0.05) is 6.92 Å². The quantitative estimate of drug-likeness (QED) is 0.739. The first kappa shape index (κ1) is 11.0. The van der Waals surface area contributed by atoms with Crippen molar-refractivity contribution in [1.29, 1.82) is 0 Å². The molecular formula is C11H18N2O. The van der Waals surface area contributed by atoms with E-state index in [-0.39, 0.29) is 11.8 Å². The van der Waals surface area contributed by atoms with Crippen molar-refractivity contribution in [1.82, 2.24) is 9.78 Å². The average molecular weight is 194 g/mol. The standard InChI is InChI=1S/C11H18N2O/c1-6-11-7(2)12-13(9(11)4)8(3)10(5)14/h8H,6H2,1-5H3. The van der Waals surface area contributed by atoms with Crippen LogP contribution in [0.3, 0.4) is 0 Å². The monoisotopic (exact) mass is 194 g/mol. The Labute approximate surface area is 85.1 Å². The van der Waals surface area contributed by atoms with Gasteiger partial charge in [0.2, 0.25) is 0 Å². The SMILES string of the molecule is CCc1c(C)nn(C(C)C(C)=O)c1C. The Morgan fingerprint density at radius 2 is 2.07 bits per heavy atom. The third-order valence-corrected chi connectivity index (χ3v) is 2.78. The minimum Gasteiger partial charge on any atom is -0.298 e. The fourth-order valence-corrected chi connectivity index (χ4v) is 1.76. The normalized spacial score (nSPS) is 12.9. The van der Waals surface area contributed by atoms with E-state index in [1.165, 1.54) is 5.56 Å². The number of aryl methyl sites for hydroxylation is 1. The van der Waals surface area contributed by atoms with E-state index >= 15 is 0 Å². The molecule has 14 heavy (non-hydrogen) atoms. The minimum atomic E-state index is -0.144. The summed E-state index contributed by atoms with van der Waals surface area (Å²) in [5.74, 6) is 0.151. The zero-order valence-corrected chi connectivity index (χ0v) is 9.59. The molecule has 0 spiro atoms. The van der Waals surface area contributed by atoms with Crippen LogP contribution in [0, 0.1) is 13.8 Å². The molecule has 3 nitrogen and oxygen atoms in total. The second-order valence-corrected chi connectivity index (χ2v) is 3.73. The van der Waals surface area contributed by atoms with E-state index in [4.69, 9.17) is 0 Å². The fraction of sp³-hybridized carbons (Fsp3) is 0.636. The molecule has 0 amide bonds. The summed E-state index contributed by atoms with van der Waals surface area (Å²) in [4.78, 5) is 11.2. The Bertz CT molecular complexity index is 352. The van der Waals surface area contributed by atoms with Gasteiger partial charge in [-0.05, 0) is 39.7 Å². The maximum atomic E-state index is 11.2. The van der Waals surface area contributed by atoms with Crippen LogP contribution in [0.1, 0.15) is 43.8 Å². The van der Waals surface area contributed by atoms with Gasteiger partial charge in [0.15, 0.2) is 5.78 Å². The van der Waals surface area contributed by atoms with Crippen LogP contribution < -0.4 is 0 Å². The summed E-state index contributed by atoms with van der Waals surface area (Å²) in [5, 5.41) is 4.40. The number of hydrogen-bond donors (Lipinski definition) is 0. The smallest absolute Gasteiger partial charge is 0.154 e. The summed E-state index contributed by atoms with van der Waals surface area (Å²) < 4.78 is 1.83. The lowest BCUT2D eigenvalue weighted by Crippen LogP contribution is -2.16. The second kappa shape index (κ2) is 3.95. The number of rotatable bonds is 3. The Balaban J connectivity index is 3.17. The molecule has 0 aromatic carbocycles. The minimum absolute atomic E-state index is 0.144. The van der Waals surface area contributed by atoms with Crippen molar-refractivity contribution >= 4 is 5.78 Å². The summed E-state index contributed by atoms with van der Waals surface area (Å²) in [7, 11) is 0. The first-order chi connectivity index (χ1) is 6.49. The number of ketones is 1. The van der Waals surface area contributed by atoms with Crippen molar-refractivity contribution in [2.45, 2.75) is 47.1 Å². The van der Waals surface area contributed by atoms with Crippen molar-refractivity contribution in [3.63, 3.8) is 0 Å². The maximum absolute atomic E-state index is 11.2. The summed E-state index contributed by atoms with van der Waals surface area (Å²) in [6, 6.07) is -0.144. The van der Waals surface area contributed by atoms with Crippen molar-refractivity contribution in [2.24, 2.45) is 0 Å². The molecule has 0 saturated carbocycles. The third-order valence-electron chi connectivity index (χ3n) is 2.78. The van der Waals surface area contributed by atoms with Gasteiger partial charge in [-0.2, -0.15) is 5.10 Å². The van der Waals surface area contributed by atoms with Crippen LogP contribution in [-0.4, -0.2) is 15.6 Å². The van der Waals surface area contributed by atoms with Crippen LogP contribution in [0.15, 0.2) is 0 Å². The highest BCUT2D eigenvalue weighted by Gasteiger charge is 2.16. The van der Waals surface area contributed by atoms with Crippen LogP contribution in [0.5, 0.6) is 0 Å². The molecule has 1 aromatic rings. The summed E-state index contributed by atoms with van der Waals surface area (Å²) in [6.07, 6.45) is 0.974. The summed E-state index contributed by atoms with van der Waals surface area (Å²) in [6.45, 7) is 9.63. The van der Waals surface area contributed by atoms with Crippen LogP contribution in [0.4, 0.5) is 0 Å². The van der Waals surface area contributed by atoms with Crippen LogP contribution >= 0.6 is 0 Å². The number of Topliss-reactive ketones (excluding diaryl/α,β-unsaturated/α-hetero) is 1. The van der Waals surface area contributed by atoms with Gasteiger partial charge in [-0.25, -0.2) is 0 Å². The van der Waals surface area contributed by atoms with Gasteiger partial charge in [0.25, 0.3) is 0 Å². The topological polar surface area (TPSA) is 34.9 Å². The zero-order valence-electron chi connectivity index (χ0n) is 9.59. The van der Waals surface area contributed by atoms with E-state index < -0.39 is 0 Å². The Morgan fingerprint density at radius 3 is 2.43 bits per heavy atom. The maximum Gasteiger partial charge on any atom is 0.154 e. The molecule has 1 rings (SSSR count). The predicted molar refractivity (Wildman–Crippen MR) is 56.5 cm³/mol. The van der Waals surface area contributed by atoms with Crippen molar-refractivity contribution < 1.29 is 4.79 Å². The number of hydrogen-bond acceptors (Lipinski definition) is 2. The molecule has 0 bridgehead atoms. The Kier molecular flexibility index (Phi) is 3.09. The van der Waals surface area contributed by atoms with Gasteiger partial charge in [-0.3, -0.25) is 9.48 Å². The number of nitrogens with zero attached hydrogens (tertiary/aromatic N) is 2. The molecular weight excluding hydrogens is 176 g/mol.